The lowest BCUT2D eigenvalue weighted by molar-refractivity contribution is 0.131. The number of hydrogen-bond donors (Lipinski definition) is 0. The number of hydrazone groups is 1. The summed E-state index contributed by atoms with van der Waals surface area (Å²) in [5, 5.41) is 9.26. The highest BCUT2D eigenvalue weighted by Crippen LogP contribution is 2.20. The van der Waals surface area contributed by atoms with E-state index in [2.05, 4.69) is 57.5 Å². The van der Waals surface area contributed by atoms with E-state index in [9.17, 15) is 4.39 Å². The molecule has 0 radical (unpaired) electrons. The molecule has 0 aliphatic carbocycles. The Balaban J connectivity index is 1.35. The molecule has 4 heteroatoms. The second-order valence-corrected chi connectivity index (χ2v) is 6.66. The van der Waals surface area contributed by atoms with Crippen LogP contribution >= 0.6 is 0 Å². The molecule has 0 spiro atoms. The predicted octanol–water partition coefficient (Wildman–Crippen LogP) is 4.13. The summed E-state index contributed by atoms with van der Waals surface area (Å²) in [4.78, 5) is 2.48. The Hall–Kier alpha value is -2.72. The first-order valence-electron chi connectivity index (χ1n) is 9.01. The number of nitrogens with zero attached hydrogens (tertiary/aromatic N) is 3. The third-order valence-electron chi connectivity index (χ3n) is 4.86. The van der Waals surface area contributed by atoms with Crippen molar-refractivity contribution in [2.45, 2.75) is 6.54 Å². The van der Waals surface area contributed by atoms with E-state index in [1.165, 1.54) is 28.5 Å². The molecule has 26 heavy (non-hydrogen) atoms. The third-order valence-corrected chi connectivity index (χ3v) is 4.86. The molecule has 1 aliphatic rings. The number of benzene rings is 3. The zero-order valence-corrected chi connectivity index (χ0v) is 14.7. The predicted molar refractivity (Wildman–Crippen MR) is 105 cm³/mol. The van der Waals surface area contributed by atoms with Crippen LogP contribution in [0.25, 0.3) is 10.8 Å². The fraction of sp³-hybridized carbons (Fsp3) is 0.227. The summed E-state index contributed by atoms with van der Waals surface area (Å²) in [7, 11) is 0. The molecule has 0 aromatic heterocycles. The largest absolute Gasteiger partial charge is 0.295 e. The maximum atomic E-state index is 12.9. The van der Waals surface area contributed by atoms with E-state index in [4.69, 9.17) is 0 Å². The Morgan fingerprint density at radius 3 is 2.38 bits per heavy atom. The van der Waals surface area contributed by atoms with E-state index in [-0.39, 0.29) is 5.82 Å². The quantitative estimate of drug-likeness (QED) is 0.661. The lowest BCUT2D eigenvalue weighted by Crippen LogP contribution is -2.43. The van der Waals surface area contributed by atoms with E-state index in [1.54, 1.807) is 18.3 Å². The Morgan fingerprint density at radius 2 is 1.58 bits per heavy atom. The monoisotopic (exact) mass is 347 g/mol. The first-order valence-corrected chi connectivity index (χ1v) is 9.01. The smallest absolute Gasteiger partial charge is 0.123 e. The molecular formula is C22H22FN3. The van der Waals surface area contributed by atoms with Gasteiger partial charge in [-0.3, -0.25) is 9.91 Å². The van der Waals surface area contributed by atoms with Crippen molar-refractivity contribution in [2.75, 3.05) is 26.2 Å². The molecule has 3 nitrogen and oxygen atoms in total. The molecule has 1 saturated heterocycles. The molecule has 0 saturated carbocycles. The second kappa shape index (κ2) is 7.67. The molecule has 3 aromatic carbocycles. The van der Waals surface area contributed by atoms with Crippen molar-refractivity contribution in [2.24, 2.45) is 5.10 Å². The van der Waals surface area contributed by atoms with Crippen LogP contribution in [0.3, 0.4) is 0 Å². The van der Waals surface area contributed by atoms with Gasteiger partial charge in [-0.25, -0.2) is 4.39 Å². The van der Waals surface area contributed by atoms with Crippen LogP contribution in [0.15, 0.2) is 71.8 Å². The fourth-order valence-electron chi connectivity index (χ4n) is 3.38. The molecule has 1 aliphatic heterocycles. The number of rotatable bonds is 4. The lowest BCUT2D eigenvalue weighted by atomic mass is 10.0. The summed E-state index contributed by atoms with van der Waals surface area (Å²) in [5.74, 6) is -0.218. The Morgan fingerprint density at radius 1 is 0.846 bits per heavy atom. The number of hydrogen-bond acceptors (Lipinski definition) is 3. The molecule has 1 fully saturated rings. The summed E-state index contributed by atoms with van der Waals surface area (Å²) in [6, 6.07) is 21.5. The summed E-state index contributed by atoms with van der Waals surface area (Å²) in [6.07, 6.45) is 1.81. The van der Waals surface area contributed by atoms with Crippen molar-refractivity contribution in [3.8, 4) is 0 Å². The summed E-state index contributed by atoms with van der Waals surface area (Å²) in [6.45, 7) is 4.76. The van der Waals surface area contributed by atoms with Crippen molar-refractivity contribution < 1.29 is 4.39 Å². The summed E-state index contributed by atoms with van der Waals surface area (Å²) in [5.41, 5.74) is 2.30. The Kier molecular flexibility index (Phi) is 4.93. The highest BCUT2D eigenvalue weighted by Gasteiger charge is 2.16. The topological polar surface area (TPSA) is 18.8 Å². The average molecular weight is 347 g/mol. The van der Waals surface area contributed by atoms with Gasteiger partial charge in [0.1, 0.15) is 5.82 Å². The van der Waals surface area contributed by atoms with Gasteiger partial charge in [0.15, 0.2) is 0 Å². The molecule has 0 amide bonds. The molecule has 1 heterocycles. The van der Waals surface area contributed by atoms with Gasteiger partial charge >= 0.3 is 0 Å². The van der Waals surface area contributed by atoms with Crippen LogP contribution in [0.5, 0.6) is 0 Å². The van der Waals surface area contributed by atoms with Crippen LogP contribution in [0.1, 0.15) is 11.1 Å². The molecule has 0 atom stereocenters. The van der Waals surface area contributed by atoms with Crippen molar-refractivity contribution in [3.63, 3.8) is 0 Å². The summed E-state index contributed by atoms with van der Waals surface area (Å²) < 4.78 is 12.9. The van der Waals surface area contributed by atoms with Gasteiger partial charge in [0.2, 0.25) is 0 Å². The van der Waals surface area contributed by atoms with Crippen LogP contribution in [-0.2, 0) is 6.54 Å². The van der Waals surface area contributed by atoms with Gasteiger partial charge in [-0.15, -0.1) is 0 Å². The number of halogens is 1. The van der Waals surface area contributed by atoms with Gasteiger partial charge in [0.05, 0.1) is 6.21 Å². The Bertz CT molecular complexity index is 891. The minimum atomic E-state index is -0.218. The van der Waals surface area contributed by atoms with Gasteiger partial charge in [-0.05, 0) is 34.0 Å². The van der Waals surface area contributed by atoms with Crippen LogP contribution in [0, 0.1) is 5.82 Å². The minimum Gasteiger partial charge on any atom is -0.295 e. The zero-order valence-electron chi connectivity index (χ0n) is 14.7. The summed E-state index contributed by atoms with van der Waals surface area (Å²) >= 11 is 0. The van der Waals surface area contributed by atoms with Crippen LogP contribution in [-0.4, -0.2) is 42.3 Å². The second-order valence-electron chi connectivity index (χ2n) is 6.66. The van der Waals surface area contributed by atoms with Gasteiger partial charge in [0, 0.05) is 32.7 Å². The molecule has 132 valence electrons. The maximum absolute atomic E-state index is 12.9. The van der Waals surface area contributed by atoms with E-state index in [0.717, 1.165) is 38.3 Å². The van der Waals surface area contributed by atoms with E-state index >= 15 is 0 Å². The molecule has 4 rings (SSSR count). The lowest BCUT2D eigenvalue weighted by Gasteiger charge is -2.33. The molecule has 0 bridgehead atoms. The van der Waals surface area contributed by atoms with E-state index in [0.29, 0.717) is 0 Å². The normalized spacial score (nSPS) is 15.8. The van der Waals surface area contributed by atoms with Crippen molar-refractivity contribution >= 4 is 17.0 Å². The molecule has 3 aromatic rings. The number of piperazine rings is 1. The standard InChI is InChI=1S/C22H22FN3/c23-21-10-8-18(9-11-21)16-24-26-14-12-25(13-15-26)17-20-6-3-5-19-4-1-2-7-22(19)20/h1-11,16H,12-15,17H2. The first-order chi connectivity index (χ1) is 12.8. The van der Waals surface area contributed by atoms with E-state index < -0.39 is 0 Å². The Labute approximate surface area is 153 Å². The fourth-order valence-corrected chi connectivity index (χ4v) is 3.38. The van der Waals surface area contributed by atoms with Crippen LogP contribution in [0.2, 0.25) is 0 Å². The highest BCUT2D eigenvalue weighted by molar-refractivity contribution is 5.85. The van der Waals surface area contributed by atoms with Crippen LogP contribution < -0.4 is 0 Å². The van der Waals surface area contributed by atoms with Gasteiger partial charge < -0.3 is 0 Å². The third kappa shape index (κ3) is 3.92. The van der Waals surface area contributed by atoms with Gasteiger partial charge in [-0.1, -0.05) is 54.6 Å². The van der Waals surface area contributed by atoms with Gasteiger partial charge in [-0.2, -0.15) is 5.10 Å². The number of fused-ring (bicyclic) bond motifs is 1. The average Bonchev–Trinajstić information content (AvgIpc) is 2.69. The minimum absolute atomic E-state index is 0.218. The zero-order chi connectivity index (χ0) is 17.8. The molecule has 0 N–H and O–H groups in total. The van der Waals surface area contributed by atoms with Crippen LogP contribution in [0.4, 0.5) is 4.39 Å². The molecule has 0 unspecified atom stereocenters. The molecular weight excluding hydrogens is 325 g/mol. The van der Waals surface area contributed by atoms with Crippen molar-refractivity contribution in [1.29, 1.82) is 0 Å². The first kappa shape index (κ1) is 16.7. The van der Waals surface area contributed by atoms with Gasteiger partial charge in [0.25, 0.3) is 0 Å². The van der Waals surface area contributed by atoms with Crippen molar-refractivity contribution in [3.05, 3.63) is 83.7 Å². The van der Waals surface area contributed by atoms with Crippen molar-refractivity contribution in [1.82, 2.24) is 9.91 Å². The highest BCUT2D eigenvalue weighted by atomic mass is 19.1. The maximum Gasteiger partial charge on any atom is 0.123 e. The van der Waals surface area contributed by atoms with E-state index in [1.807, 2.05) is 0 Å². The SMILES string of the molecule is Fc1ccc(C=NN2CCN(Cc3cccc4ccccc34)CC2)cc1.